The predicted octanol–water partition coefficient (Wildman–Crippen LogP) is 3.27. The van der Waals surface area contributed by atoms with Gasteiger partial charge >= 0.3 is 6.09 Å². The lowest BCUT2D eigenvalue weighted by Gasteiger charge is -2.26. The first kappa shape index (κ1) is 15.3. The minimum Gasteiger partial charge on any atom is -0.449 e. The van der Waals surface area contributed by atoms with E-state index in [9.17, 15) is 4.79 Å². The van der Waals surface area contributed by atoms with Crippen molar-refractivity contribution in [2.45, 2.75) is 40.3 Å². The summed E-state index contributed by atoms with van der Waals surface area (Å²) in [6.45, 7) is 8.94. The molecule has 0 fully saturated rings. The van der Waals surface area contributed by atoms with E-state index in [0.29, 0.717) is 24.8 Å². The van der Waals surface area contributed by atoms with Crippen LogP contribution in [0.3, 0.4) is 0 Å². The fourth-order valence-corrected chi connectivity index (χ4v) is 1.67. The Bertz CT molecular complexity index is 416. The maximum atomic E-state index is 12.1. The van der Waals surface area contributed by atoms with Crippen LogP contribution in [-0.4, -0.2) is 23.6 Å². The quantitative estimate of drug-likeness (QED) is 0.830. The molecule has 0 radical (unpaired) electrons. The number of amides is 1. The third kappa shape index (κ3) is 5.20. The van der Waals surface area contributed by atoms with Crippen LogP contribution in [0.1, 0.15) is 33.3 Å². The van der Waals surface area contributed by atoms with Gasteiger partial charge in [0, 0.05) is 18.3 Å². The SMILES string of the molecule is CC(C)COC(=O)N(Cc1cccc(N)c1)C(C)C. The first-order chi connectivity index (χ1) is 8.90. The molecule has 0 heterocycles. The van der Waals surface area contributed by atoms with Crippen molar-refractivity contribution in [1.82, 2.24) is 4.90 Å². The second-order valence-electron chi connectivity index (χ2n) is 5.44. The molecule has 19 heavy (non-hydrogen) atoms. The van der Waals surface area contributed by atoms with E-state index >= 15 is 0 Å². The Hall–Kier alpha value is -1.71. The fraction of sp³-hybridized carbons (Fsp3) is 0.533. The number of nitrogens with two attached hydrogens (primary N) is 1. The third-order valence-electron chi connectivity index (χ3n) is 2.70. The number of rotatable bonds is 5. The van der Waals surface area contributed by atoms with Crippen LogP contribution in [0.15, 0.2) is 24.3 Å². The Balaban J connectivity index is 2.70. The lowest BCUT2D eigenvalue weighted by atomic mass is 10.2. The summed E-state index contributed by atoms with van der Waals surface area (Å²) in [7, 11) is 0. The molecule has 0 saturated carbocycles. The molecule has 1 aromatic rings. The second kappa shape index (κ2) is 7.02. The number of anilines is 1. The normalized spacial score (nSPS) is 10.8. The number of hydrogen-bond acceptors (Lipinski definition) is 3. The summed E-state index contributed by atoms with van der Waals surface area (Å²) in [5, 5.41) is 0. The standard InChI is InChI=1S/C15H24N2O2/c1-11(2)10-19-15(18)17(12(3)4)9-13-6-5-7-14(16)8-13/h5-8,11-12H,9-10,16H2,1-4H3. The van der Waals surface area contributed by atoms with Crippen molar-refractivity contribution in [1.29, 1.82) is 0 Å². The topological polar surface area (TPSA) is 55.6 Å². The van der Waals surface area contributed by atoms with Crippen molar-refractivity contribution in [2.24, 2.45) is 5.92 Å². The fourth-order valence-electron chi connectivity index (χ4n) is 1.67. The highest BCUT2D eigenvalue weighted by molar-refractivity contribution is 5.68. The van der Waals surface area contributed by atoms with Crippen LogP contribution < -0.4 is 5.73 Å². The number of carbonyl (C=O) groups excluding carboxylic acids is 1. The van der Waals surface area contributed by atoms with Crippen LogP contribution in [0.2, 0.25) is 0 Å². The number of nitrogens with zero attached hydrogens (tertiary/aromatic N) is 1. The van der Waals surface area contributed by atoms with Crippen molar-refractivity contribution in [3.8, 4) is 0 Å². The molecule has 0 bridgehead atoms. The second-order valence-corrected chi connectivity index (χ2v) is 5.44. The van der Waals surface area contributed by atoms with Gasteiger partial charge in [0.1, 0.15) is 0 Å². The minimum atomic E-state index is -0.272. The zero-order chi connectivity index (χ0) is 14.4. The van der Waals surface area contributed by atoms with E-state index in [1.165, 1.54) is 0 Å². The Morgan fingerprint density at radius 3 is 2.53 bits per heavy atom. The van der Waals surface area contributed by atoms with E-state index in [1.807, 2.05) is 52.0 Å². The maximum absolute atomic E-state index is 12.1. The molecular weight excluding hydrogens is 240 g/mol. The van der Waals surface area contributed by atoms with Gasteiger partial charge in [-0.3, -0.25) is 0 Å². The lowest BCUT2D eigenvalue weighted by Crippen LogP contribution is -2.37. The van der Waals surface area contributed by atoms with E-state index in [4.69, 9.17) is 10.5 Å². The highest BCUT2D eigenvalue weighted by Crippen LogP contribution is 2.13. The van der Waals surface area contributed by atoms with E-state index < -0.39 is 0 Å². The molecule has 0 aliphatic heterocycles. The van der Waals surface area contributed by atoms with Gasteiger partial charge in [0.05, 0.1) is 6.61 Å². The number of benzene rings is 1. The van der Waals surface area contributed by atoms with Gasteiger partial charge < -0.3 is 15.4 Å². The summed E-state index contributed by atoms with van der Waals surface area (Å²) in [6, 6.07) is 7.65. The zero-order valence-corrected chi connectivity index (χ0v) is 12.2. The summed E-state index contributed by atoms with van der Waals surface area (Å²) in [4.78, 5) is 13.8. The Morgan fingerprint density at radius 1 is 1.32 bits per heavy atom. The van der Waals surface area contributed by atoms with Crippen LogP contribution in [0, 0.1) is 5.92 Å². The number of ether oxygens (including phenoxy) is 1. The summed E-state index contributed by atoms with van der Waals surface area (Å²) >= 11 is 0. The van der Waals surface area contributed by atoms with Gasteiger partial charge in [0.15, 0.2) is 0 Å². The van der Waals surface area contributed by atoms with Gasteiger partial charge in [-0.1, -0.05) is 26.0 Å². The van der Waals surface area contributed by atoms with Crippen molar-refractivity contribution in [2.75, 3.05) is 12.3 Å². The van der Waals surface area contributed by atoms with Crippen molar-refractivity contribution in [3.05, 3.63) is 29.8 Å². The van der Waals surface area contributed by atoms with Crippen LogP contribution in [-0.2, 0) is 11.3 Å². The van der Waals surface area contributed by atoms with Crippen LogP contribution in [0.25, 0.3) is 0 Å². The van der Waals surface area contributed by atoms with Gasteiger partial charge in [-0.05, 0) is 37.5 Å². The minimum absolute atomic E-state index is 0.0843. The molecule has 106 valence electrons. The lowest BCUT2D eigenvalue weighted by molar-refractivity contribution is 0.0794. The van der Waals surface area contributed by atoms with Crippen molar-refractivity contribution < 1.29 is 9.53 Å². The largest absolute Gasteiger partial charge is 0.449 e. The Labute approximate surface area is 115 Å². The van der Waals surface area contributed by atoms with Crippen molar-refractivity contribution in [3.63, 3.8) is 0 Å². The molecule has 0 aliphatic carbocycles. The van der Waals surface area contributed by atoms with E-state index in [0.717, 1.165) is 5.56 Å². The molecule has 2 N–H and O–H groups in total. The summed E-state index contributed by atoms with van der Waals surface area (Å²) in [6.07, 6.45) is -0.272. The van der Waals surface area contributed by atoms with Gasteiger partial charge in [-0.25, -0.2) is 4.79 Å². The Morgan fingerprint density at radius 2 is 2.00 bits per heavy atom. The molecule has 4 heteroatoms. The highest BCUT2D eigenvalue weighted by atomic mass is 16.6. The average Bonchev–Trinajstić information content (AvgIpc) is 2.32. The van der Waals surface area contributed by atoms with Crippen LogP contribution >= 0.6 is 0 Å². The van der Waals surface area contributed by atoms with Crippen LogP contribution in [0.5, 0.6) is 0 Å². The molecule has 0 saturated heterocycles. The first-order valence-electron chi connectivity index (χ1n) is 6.68. The molecule has 4 nitrogen and oxygen atoms in total. The monoisotopic (exact) mass is 264 g/mol. The average molecular weight is 264 g/mol. The molecule has 1 aromatic carbocycles. The third-order valence-corrected chi connectivity index (χ3v) is 2.70. The summed E-state index contributed by atoms with van der Waals surface area (Å²) in [5.41, 5.74) is 7.47. The molecule has 0 aliphatic rings. The molecular formula is C15H24N2O2. The van der Waals surface area contributed by atoms with E-state index in [-0.39, 0.29) is 12.1 Å². The van der Waals surface area contributed by atoms with Gasteiger partial charge in [0.2, 0.25) is 0 Å². The number of hydrogen-bond donors (Lipinski definition) is 1. The number of nitrogen functional groups attached to an aromatic ring is 1. The Kier molecular flexibility index (Phi) is 5.67. The molecule has 1 rings (SSSR count). The highest BCUT2D eigenvalue weighted by Gasteiger charge is 2.19. The molecule has 0 atom stereocenters. The molecule has 0 spiro atoms. The van der Waals surface area contributed by atoms with E-state index in [1.54, 1.807) is 4.90 Å². The molecule has 0 aromatic heterocycles. The predicted molar refractivity (Wildman–Crippen MR) is 77.7 cm³/mol. The van der Waals surface area contributed by atoms with Gasteiger partial charge in [-0.2, -0.15) is 0 Å². The van der Waals surface area contributed by atoms with Gasteiger partial charge in [0.25, 0.3) is 0 Å². The summed E-state index contributed by atoms with van der Waals surface area (Å²) < 4.78 is 5.29. The first-order valence-corrected chi connectivity index (χ1v) is 6.68. The smallest absolute Gasteiger partial charge is 0.410 e. The van der Waals surface area contributed by atoms with Gasteiger partial charge in [-0.15, -0.1) is 0 Å². The summed E-state index contributed by atoms with van der Waals surface area (Å²) in [5.74, 6) is 0.338. The molecule has 1 amide bonds. The zero-order valence-electron chi connectivity index (χ0n) is 12.2. The maximum Gasteiger partial charge on any atom is 0.410 e. The molecule has 0 unspecified atom stereocenters. The number of carbonyl (C=O) groups is 1. The van der Waals surface area contributed by atoms with Crippen LogP contribution in [0.4, 0.5) is 10.5 Å². The van der Waals surface area contributed by atoms with Crippen molar-refractivity contribution >= 4 is 11.8 Å². The van der Waals surface area contributed by atoms with E-state index in [2.05, 4.69) is 0 Å².